The Morgan fingerprint density at radius 3 is 1.92 bits per heavy atom. The highest BCUT2D eigenvalue weighted by Gasteiger charge is 2.49. The van der Waals surface area contributed by atoms with Crippen LogP contribution in [0.5, 0.6) is 23.0 Å². The smallest absolute Gasteiger partial charge is 0.257 e. The molecule has 0 bridgehead atoms. The summed E-state index contributed by atoms with van der Waals surface area (Å²) in [6.07, 6.45) is 11.7. The summed E-state index contributed by atoms with van der Waals surface area (Å²) in [5.41, 5.74) is 5.16. The van der Waals surface area contributed by atoms with E-state index in [9.17, 15) is 9.59 Å². The summed E-state index contributed by atoms with van der Waals surface area (Å²) in [5.74, 6) is 2.18. The molecule has 4 heterocycles. The zero-order valence-electron chi connectivity index (χ0n) is 28.2. The Balaban J connectivity index is 0.859. The first-order valence-electron chi connectivity index (χ1n) is 17.4. The number of hydrogen-bond donors (Lipinski definition) is 0. The van der Waals surface area contributed by atoms with Gasteiger partial charge < -0.3 is 28.7 Å². The number of amides is 2. The lowest BCUT2D eigenvalue weighted by molar-refractivity contribution is 0.0627. The predicted molar refractivity (Wildman–Crippen MR) is 187 cm³/mol. The van der Waals surface area contributed by atoms with Crippen molar-refractivity contribution in [3.05, 3.63) is 70.8 Å². The van der Waals surface area contributed by atoms with Crippen molar-refractivity contribution in [3.63, 3.8) is 0 Å². The number of ether oxygens (including phenoxy) is 4. The minimum absolute atomic E-state index is 0.0177. The number of carbonyl (C=O) groups excluding carboxylic acids is 2. The minimum atomic E-state index is -0.0921. The summed E-state index contributed by atoms with van der Waals surface area (Å²) in [5, 5.41) is 0. The van der Waals surface area contributed by atoms with Gasteiger partial charge in [-0.25, -0.2) is 0 Å². The average Bonchev–Trinajstić information content (AvgIpc) is 3.92. The normalized spacial score (nSPS) is 21.1. The SMILES string of the molecule is COc1cc2c(cc1OCCCCCOc1cc3c(cc1OC)C(=O)N1Cc4ccccc4C[C@H]1C=N3)N=C[C@@H]1CC3(CCN1C2=O)CC3. The summed E-state index contributed by atoms with van der Waals surface area (Å²) < 4.78 is 23.6. The molecule has 0 radical (unpaired) electrons. The van der Waals surface area contributed by atoms with Crippen molar-refractivity contribution in [1.82, 2.24) is 9.80 Å². The molecule has 2 atom stereocenters. The molecule has 5 aliphatic rings. The highest BCUT2D eigenvalue weighted by atomic mass is 16.5. The molecule has 1 saturated heterocycles. The number of carbonyl (C=O) groups is 2. The second kappa shape index (κ2) is 12.9. The van der Waals surface area contributed by atoms with Gasteiger partial charge in [-0.3, -0.25) is 19.6 Å². The molecule has 254 valence electrons. The largest absolute Gasteiger partial charge is 0.493 e. The van der Waals surface area contributed by atoms with Crippen LogP contribution >= 0.6 is 0 Å². The van der Waals surface area contributed by atoms with Gasteiger partial charge in [0.15, 0.2) is 23.0 Å². The Bertz CT molecular complexity index is 1850. The number of methoxy groups -OCH3 is 2. The minimum Gasteiger partial charge on any atom is -0.493 e. The molecular weight excluding hydrogens is 620 g/mol. The third kappa shape index (κ3) is 6.02. The Morgan fingerprint density at radius 2 is 1.31 bits per heavy atom. The number of benzene rings is 3. The van der Waals surface area contributed by atoms with E-state index >= 15 is 0 Å². The van der Waals surface area contributed by atoms with Crippen molar-refractivity contribution in [2.45, 2.75) is 70.0 Å². The molecule has 0 unspecified atom stereocenters. The van der Waals surface area contributed by atoms with E-state index in [4.69, 9.17) is 28.9 Å². The van der Waals surface area contributed by atoms with E-state index in [1.54, 1.807) is 26.4 Å². The third-order valence-electron chi connectivity index (χ3n) is 10.8. The van der Waals surface area contributed by atoms with Crippen LogP contribution in [0.25, 0.3) is 0 Å². The van der Waals surface area contributed by atoms with E-state index in [1.165, 1.54) is 24.0 Å². The lowest BCUT2D eigenvalue weighted by Gasteiger charge is -2.37. The Morgan fingerprint density at radius 1 is 0.714 bits per heavy atom. The van der Waals surface area contributed by atoms with Gasteiger partial charge in [0.05, 0.1) is 62.0 Å². The summed E-state index contributed by atoms with van der Waals surface area (Å²) in [6, 6.07) is 15.4. The van der Waals surface area contributed by atoms with Crippen LogP contribution in [0.15, 0.2) is 58.5 Å². The predicted octanol–water partition coefficient (Wildman–Crippen LogP) is 6.72. The fourth-order valence-corrected chi connectivity index (χ4v) is 7.68. The zero-order chi connectivity index (χ0) is 33.5. The maximum absolute atomic E-state index is 13.6. The molecule has 2 fully saturated rings. The van der Waals surface area contributed by atoms with Crippen LogP contribution in [-0.2, 0) is 13.0 Å². The fraction of sp³-hybridized carbons (Fsp3) is 0.436. The number of rotatable bonds is 10. The second-order valence-corrected chi connectivity index (χ2v) is 13.8. The van der Waals surface area contributed by atoms with Gasteiger partial charge >= 0.3 is 0 Å². The highest BCUT2D eigenvalue weighted by Crippen LogP contribution is 2.55. The second-order valence-electron chi connectivity index (χ2n) is 13.8. The molecule has 2 amide bonds. The molecule has 0 N–H and O–H groups in total. The first kappa shape index (κ1) is 31.4. The molecule has 8 rings (SSSR count). The zero-order valence-corrected chi connectivity index (χ0v) is 28.2. The number of unbranched alkanes of at least 4 members (excludes halogenated alkanes) is 2. The standard InChI is InChI=1S/C39H42N4O6/c1-46-33-17-29-31(41-23-28-21-39(10-11-39)12-13-42(28)37(29)44)19-35(33)48-14-6-3-7-15-49-36-20-32-30(18-34(36)47-2)38(45)43-24-26-9-5-4-8-25(26)16-27(43)22-40-32/h4-5,8-9,17-20,22-23,27-28H,3,6-7,10-16,21,24H2,1-2H3/t27-,28-/m0/s1. The average molecular weight is 663 g/mol. The van der Waals surface area contributed by atoms with Crippen LogP contribution in [0.3, 0.4) is 0 Å². The lowest BCUT2D eigenvalue weighted by Crippen LogP contribution is -2.46. The van der Waals surface area contributed by atoms with Crippen molar-refractivity contribution in [1.29, 1.82) is 0 Å². The molecule has 1 saturated carbocycles. The fourth-order valence-electron chi connectivity index (χ4n) is 7.68. The van der Waals surface area contributed by atoms with Crippen molar-refractivity contribution >= 4 is 35.6 Å². The number of fused-ring (bicyclic) bond motifs is 5. The van der Waals surface area contributed by atoms with Gasteiger partial charge in [0.25, 0.3) is 11.8 Å². The molecule has 10 nitrogen and oxygen atoms in total. The van der Waals surface area contributed by atoms with Gasteiger partial charge in [-0.15, -0.1) is 0 Å². The third-order valence-corrected chi connectivity index (χ3v) is 10.8. The van der Waals surface area contributed by atoms with E-state index in [1.807, 2.05) is 46.5 Å². The van der Waals surface area contributed by atoms with Crippen LogP contribution < -0.4 is 18.9 Å². The maximum atomic E-state index is 13.6. The summed E-state index contributed by atoms with van der Waals surface area (Å²) >= 11 is 0. The van der Waals surface area contributed by atoms with Crippen molar-refractivity contribution < 1.29 is 28.5 Å². The van der Waals surface area contributed by atoms with Crippen LogP contribution in [0, 0.1) is 5.41 Å². The van der Waals surface area contributed by atoms with E-state index in [2.05, 4.69) is 12.1 Å². The topological polar surface area (TPSA) is 102 Å². The summed E-state index contributed by atoms with van der Waals surface area (Å²) in [6.45, 7) is 2.31. The monoisotopic (exact) mass is 662 g/mol. The van der Waals surface area contributed by atoms with Gasteiger partial charge in [-0.05, 0) is 80.0 Å². The number of piperidine rings is 1. The van der Waals surface area contributed by atoms with Gasteiger partial charge in [0, 0.05) is 37.7 Å². The van der Waals surface area contributed by atoms with Crippen LogP contribution in [0.1, 0.15) is 76.8 Å². The van der Waals surface area contributed by atoms with Crippen LogP contribution in [-0.4, -0.2) is 80.1 Å². The van der Waals surface area contributed by atoms with E-state index in [0.717, 1.165) is 45.1 Å². The van der Waals surface area contributed by atoms with Gasteiger partial charge in [-0.1, -0.05) is 24.3 Å². The molecule has 4 aliphatic heterocycles. The van der Waals surface area contributed by atoms with E-state index in [-0.39, 0.29) is 23.9 Å². The van der Waals surface area contributed by atoms with Gasteiger partial charge in [-0.2, -0.15) is 0 Å². The van der Waals surface area contributed by atoms with Crippen molar-refractivity contribution in [3.8, 4) is 23.0 Å². The first-order valence-corrected chi connectivity index (χ1v) is 17.4. The maximum Gasteiger partial charge on any atom is 0.257 e. The van der Waals surface area contributed by atoms with Crippen LogP contribution in [0.4, 0.5) is 11.4 Å². The van der Waals surface area contributed by atoms with Crippen molar-refractivity contribution in [2.75, 3.05) is 34.0 Å². The molecule has 1 spiro atoms. The molecule has 10 heteroatoms. The van der Waals surface area contributed by atoms with E-state index < -0.39 is 0 Å². The van der Waals surface area contributed by atoms with E-state index in [0.29, 0.717) is 70.7 Å². The number of hydrogen-bond acceptors (Lipinski definition) is 8. The molecule has 1 aliphatic carbocycles. The Hall–Kier alpha value is -4.86. The number of nitrogens with zero attached hydrogens (tertiary/aromatic N) is 4. The van der Waals surface area contributed by atoms with Gasteiger partial charge in [0.1, 0.15) is 0 Å². The quantitative estimate of drug-likeness (QED) is 0.224. The van der Waals surface area contributed by atoms with Crippen molar-refractivity contribution in [2.24, 2.45) is 15.4 Å². The first-order chi connectivity index (χ1) is 23.9. The summed E-state index contributed by atoms with van der Waals surface area (Å²) in [4.78, 5) is 40.5. The Labute approximate surface area is 286 Å². The molecule has 3 aromatic rings. The molecule has 3 aromatic carbocycles. The number of aliphatic imine (C=N–C) groups is 2. The Kier molecular flexibility index (Phi) is 8.25. The lowest BCUT2D eigenvalue weighted by atomic mass is 9.88. The molecule has 0 aromatic heterocycles. The van der Waals surface area contributed by atoms with Crippen LogP contribution in [0.2, 0.25) is 0 Å². The highest BCUT2D eigenvalue weighted by molar-refractivity contribution is 6.04. The van der Waals surface area contributed by atoms with Gasteiger partial charge in [0.2, 0.25) is 0 Å². The molecular formula is C39H42N4O6. The summed E-state index contributed by atoms with van der Waals surface area (Å²) in [7, 11) is 3.18. The molecule has 49 heavy (non-hydrogen) atoms.